The molecule has 1 unspecified atom stereocenters. The fourth-order valence-corrected chi connectivity index (χ4v) is 3.71. The second-order valence-electron chi connectivity index (χ2n) is 7.06. The van der Waals surface area contributed by atoms with E-state index in [1.54, 1.807) is 0 Å². The quantitative estimate of drug-likeness (QED) is 0.833. The van der Waals surface area contributed by atoms with E-state index < -0.39 is 0 Å². The average molecular weight is 367 g/mol. The molecule has 6 heteroatoms. The first-order valence-electron chi connectivity index (χ1n) is 9.26. The van der Waals surface area contributed by atoms with Crippen LogP contribution in [0.4, 0.5) is 5.69 Å². The highest BCUT2D eigenvalue weighted by Crippen LogP contribution is 2.16. The Morgan fingerprint density at radius 3 is 2.44 bits per heavy atom. The standard InChI is InChI=1S/C19H30N4O.ClH/c1-16(21-19(24)17-7-9-20-10-8-17)15-22-11-13-23(14-12-22)18-5-3-2-4-6-18;/h2-6,16-17,20H,7-15H2,1H3,(H,21,24);1H. The van der Waals surface area contributed by atoms with Crippen LogP contribution in [0.5, 0.6) is 0 Å². The number of rotatable bonds is 5. The predicted molar refractivity (Wildman–Crippen MR) is 106 cm³/mol. The summed E-state index contributed by atoms with van der Waals surface area (Å²) in [5.41, 5.74) is 1.31. The predicted octanol–water partition coefficient (Wildman–Crippen LogP) is 1.73. The fourth-order valence-electron chi connectivity index (χ4n) is 3.71. The maximum Gasteiger partial charge on any atom is 0.223 e. The van der Waals surface area contributed by atoms with Crippen molar-refractivity contribution in [3.63, 3.8) is 0 Å². The van der Waals surface area contributed by atoms with Crippen molar-refractivity contribution in [1.29, 1.82) is 0 Å². The van der Waals surface area contributed by atoms with Gasteiger partial charge >= 0.3 is 0 Å². The third kappa shape index (κ3) is 5.87. The summed E-state index contributed by atoms with van der Waals surface area (Å²) in [7, 11) is 0. The van der Waals surface area contributed by atoms with Gasteiger partial charge in [0.05, 0.1) is 0 Å². The largest absolute Gasteiger partial charge is 0.369 e. The Morgan fingerprint density at radius 2 is 1.80 bits per heavy atom. The monoisotopic (exact) mass is 366 g/mol. The van der Waals surface area contributed by atoms with Gasteiger partial charge in [-0.05, 0) is 45.0 Å². The van der Waals surface area contributed by atoms with Gasteiger partial charge in [0.1, 0.15) is 0 Å². The molecule has 1 aromatic carbocycles. The molecule has 2 aliphatic heterocycles. The highest BCUT2D eigenvalue weighted by atomic mass is 35.5. The lowest BCUT2D eigenvalue weighted by Crippen LogP contribution is -2.51. The van der Waals surface area contributed by atoms with Gasteiger partial charge in [-0.25, -0.2) is 0 Å². The Bertz CT molecular complexity index is 513. The summed E-state index contributed by atoms with van der Waals surface area (Å²) in [5, 5.41) is 6.53. The van der Waals surface area contributed by atoms with Crippen LogP contribution in [-0.4, -0.2) is 62.7 Å². The second kappa shape index (κ2) is 10.00. The average Bonchev–Trinajstić information content (AvgIpc) is 2.64. The minimum atomic E-state index is 0. The first kappa shape index (κ1) is 20.0. The number of hydrogen-bond acceptors (Lipinski definition) is 4. The van der Waals surface area contributed by atoms with Crippen LogP contribution in [0.1, 0.15) is 19.8 Å². The van der Waals surface area contributed by atoms with Crippen LogP contribution >= 0.6 is 12.4 Å². The number of piperazine rings is 1. The van der Waals surface area contributed by atoms with E-state index in [9.17, 15) is 4.79 Å². The van der Waals surface area contributed by atoms with E-state index in [-0.39, 0.29) is 30.3 Å². The maximum atomic E-state index is 12.3. The Labute approximate surface area is 157 Å². The lowest BCUT2D eigenvalue weighted by molar-refractivity contribution is -0.126. The van der Waals surface area contributed by atoms with E-state index in [1.807, 2.05) is 0 Å². The third-order valence-electron chi connectivity index (χ3n) is 5.12. The summed E-state index contributed by atoms with van der Waals surface area (Å²) in [6.07, 6.45) is 1.93. The highest BCUT2D eigenvalue weighted by molar-refractivity contribution is 5.85. The number of hydrogen-bond donors (Lipinski definition) is 2. The molecule has 0 saturated carbocycles. The van der Waals surface area contributed by atoms with Gasteiger partial charge in [-0.1, -0.05) is 18.2 Å². The van der Waals surface area contributed by atoms with E-state index in [0.717, 1.165) is 58.7 Å². The molecule has 0 aromatic heterocycles. The van der Waals surface area contributed by atoms with E-state index in [1.165, 1.54) is 5.69 Å². The lowest BCUT2D eigenvalue weighted by atomic mass is 9.97. The summed E-state index contributed by atoms with van der Waals surface area (Å²) < 4.78 is 0. The molecule has 0 spiro atoms. The number of carbonyl (C=O) groups excluding carboxylic acids is 1. The minimum Gasteiger partial charge on any atom is -0.369 e. The zero-order valence-corrected chi connectivity index (χ0v) is 15.9. The van der Waals surface area contributed by atoms with Gasteiger partial charge in [0, 0.05) is 50.4 Å². The van der Waals surface area contributed by atoms with Crippen molar-refractivity contribution in [2.75, 3.05) is 50.7 Å². The fraction of sp³-hybridized carbons (Fsp3) is 0.632. The van der Waals surface area contributed by atoms with Crippen molar-refractivity contribution in [3.8, 4) is 0 Å². The van der Waals surface area contributed by atoms with Crippen molar-refractivity contribution >= 4 is 24.0 Å². The first-order chi connectivity index (χ1) is 11.7. The molecule has 5 nitrogen and oxygen atoms in total. The molecule has 25 heavy (non-hydrogen) atoms. The minimum absolute atomic E-state index is 0. The normalized spacial score (nSPS) is 20.6. The molecule has 1 aromatic rings. The molecule has 0 radical (unpaired) electrons. The lowest BCUT2D eigenvalue weighted by Gasteiger charge is -2.37. The zero-order chi connectivity index (χ0) is 16.8. The molecule has 2 fully saturated rings. The van der Waals surface area contributed by atoms with Crippen LogP contribution < -0.4 is 15.5 Å². The molecule has 2 aliphatic rings. The van der Waals surface area contributed by atoms with Crippen molar-refractivity contribution in [2.24, 2.45) is 5.92 Å². The number of para-hydroxylation sites is 1. The Balaban J connectivity index is 0.00000225. The third-order valence-corrected chi connectivity index (χ3v) is 5.12. The maximum absolute atomic E-state index is 12.3. The van der Waals surface area contributed by atoms with E-state index in [2.05, 4.69) is 57.7 Å². The van der Waals surface area contributed by atoms with Crippen LogP contribution in [-0.2, 0) is 4.79 Å². The van der Waals surface area contributed by atoms with Gasteiger partial charge < -0.3 is 15.5 Å². The van der Waals surface area contributed by atoms with Gasteiger partial charge in [0.15, 0.2) is 0 Å². The van der Waals surface area contributed by atoms with E-state index in [4.69, 9.17) is 0 Å². The second-order valence-corrected chi connectivity index (χ2v) is 7.06. The molecule has 140 valence electrons. The molecular formula is C19H31ClN4O. The molecule has 0 bridgehead atoms. The van der Waals surface area contributed by atoms with Crippen LogP contribution in [0.15, 0.2) is 30.3 Å². The molecule has 2 saturated heterocycles. The number of benzene rings is 1. The Hall–Kier alpha value is -1.30. The number of nitrogens with zero attached hydrogens (tertiary/aromatic N) is 2. The summed E-state index contributed by atoms with van der Waals surface area (Å²) in [4.78, 5) is 17.2. The van der Waals surface area contributed by atoms with Crippen molar-refractivity contribution in [1.82, 2.24) is 15.5 Å². The van der Waals surface area contributed by atoms with Gasteiger partial charge in [0.2, 0.25) is 5.91 Å². The Morgan fingerprint density at radius 1 is 1.16 bits per heavy atom. The molecule has 1 atom stereocenters. The smallest absolute Gasteiger partial charge is 0.223 e. The van der Waals surface area contributed by atoms with Crippen molar-refractivity contribution in [2.45, 2.75) is 25.8 Å². The van der Waals surface area contributed by atoms with Gasteiger partial charge in [-0.2, -0.15) is 0 Å². The molecule has 2 heterocycles. The van der Waals surface area contributed by atoms with E-state index in [0.29, 0.717) is 0 Å². The van der Waals surface area contributed by atoms with Crippen LogP contribution in [0.3, 0.4) is 0 Å². The SMILES string of the molecule is CC(CN1CCN(c2ccccc2)CC1)NC(=O)C1CCNCC1.Cl. The summed E-state index contributed by atoms with van der Waals surface area (Å²) >= 11 is 0. The van der Waals surface area contributed by atoms with Gasteiger partial charge in [0.25, 0.3) is 0 Å². The summed E-state index contributed by atoms with van der Waals surface area (Å²) in [5.74, 6) is 0.440. The molecule has 1 amide bonds. The molecule has 2 N–H and O–H groups in total. The highest BCUT2D eigenvalue weighted by Gasteiger charge is 2.23. The van der Waals surface area contributed by atoms with E-state index >= 15 is 0 Å². The number of anilines is 1. The number of nitrogens with one attached hydrogen (secondary N) is 2. The number of halogens is 1. The van der Waals surface area contributed by atoms with Crippen LogP contribution in [0.25, 0.3) is 0 Å². The van der Waals surface area contributed by atoms with Crippen LogP contribution in [0, 0.1) is 5.92 Å². The Kier molecular flexibility index (Phi) is 8.00. The topological polar surface area (TPSA) is 47.6 Å². The van der Waals surface area contributed by atoms with Gasteiger partial charge in [-0.3, -0.25) is 9.69 Å². The van der Waals surface area contributed by atoms with Crippen LogP contribution in [0.2, 0.25) is 0 Å². The number of piperidine rings is 1. The molecular weight excluding hydrogens is 336 g/mol. The van der Waals surface area contributed by atoms with Gasteiger partial charge in [-0.15, -0.1) is 12.4 Å². The molecule has 3 rings (SSSR count). The zero-order valence-electron chi connectivity index (χ0n) is 15.1. The summed E-state index contributed by atoms with van der Waals surface area (Å²) in [6, 6.07) is 10.8. The first-order valence-corrected chi connectivity index (χ1v) is 9.26. The van der Waals surface area contributed by atoms with Crippen molar-refractivity contribution < 1.29 is 4.79 Å². The number of carbonyl (C=O) groups is 1. The van der Waals surface area contributed by atoms with Crippen molar-refractivity contribution in [3.05, 3.63) is 30.3 Å². The summed E-state index contributed by atoms with van der Waals surface area (Å²) in [6.45, 7) is 9.23. The number of amides is 1. The molecule has 0 aliphatic carbocycles.